The molecule has 0 saturated heterocycles. The van der Waals surface area contributed by atoms with Gasteiger partial charge in [-0.1, -0.05) is 48.5 Å². The van der Waals surface area contributed by atoms with Gasteiger partial charge in [-0.05, 0) is 66.8 Å². The first-order valence-electron chi connectivity index (χ1n) is 12.8. The summed E-state index contributed by atoms with van der Waals surface area (Å²) in [5.74, 6) is -1.00. The molecule has 3 aromatic carbocycles. The Morgan fingerprint density at radius 1 is 0.923 bits per heavy atom. The highest BCUT2D eigenvalue weighted by Crippen LogP contribution is 2.23. The highest BCUT2D eigenvalue weighted by Gasteiger charge is 2.30. The number of hydrogen-bond acceptors (Lipinski definition) is 4. The van der Waals surface area contributed by atoms with Crippen LogP contribution < -0.4 is 9.62 Å². The predicted octanol–water partition coefficient (Wildman–Crippen LogP) is 4.37. The number of sulfonamides is 1. The van der Waals surface area contributed by atoms with Crippen LogP contribution in [-0.2, 0) is 32.6 Å². The predicted molar refractivity (Wildman–Crippen MR) is 152 cm³/mol. The number of aryl methyl sites for hydroxylation is 2. The highest BCUT2D eigenvalue weighted by atomic mass is 32.2. The summed E-state index contributed by atoms with van der Waals surface area (Å²) in [4.78, 5) is 28.1. The average molecular weight is 554 g/mol. The van der Waals surface area contributed by atoms with E-state index in [1.165, 1.54) is 28.4 Å². The van der Waals surface area contributed by atoms with E-state index >= 15 is 0 Å². The number of halogens is 1. The molecule has 0 aliphatic rings. The molecule has 9 heteroatoms. The SMILES string of the molecule is CNC(=O)[C@@H](Cc1ccccc1)N(Cc1ccc(F)cc1)C(=O)CCCN(c1ccc(C)c(C)c1)S(C)(=O)=O. The zero-order chi connectivity index (χ0) is 28.6. The standard InChI is InChI=1S/C30H36FN3O4S/c1-22-12-17-27(19-23(22)2)34(39(4,37)38)18-8-11-29(35)33(21-25-13-15-26(31)16-14-25)28(30(36)32-3)20-24-9-6-5-7-10-24/h5-7,9-10,12-17,19,28H,8,11,18,20-21H2,1-4H3,(H,32,36)/t28-/m1/s1. The van der Waals surface area contributed by atoms with Crippen LogP contribution in [0.3, 0.4) is 0 Å². The van der Waals surface area contributed by atoms with E-state index in [9.17, 15) is 22.4 Å². The molecule has 0 saturated carbocycles. The minimum atomic E-state index is -3.58. The van der Waals surface area contributed by atoms with E-state index in [4.69, 9.17) is 0 Å². The second-order valence-electron chi connectivity index (χ2n) is 9.68. The summed E-state index contributed by atoms with van der Waals surface area (Å²) in [6, 6.07) is 19.9. The number of carbonyl (C=O) groups excluding carboxylic acids is 2. The van der Waals surface area contributed by atoms with Crippen LogP contribution in [0.2, 0.25) is 0 Å². The van der Waals surface area contributed by atoms with Gasteiger partial charge < -0.3 is 10.2 Å². The van der Waals surface area contributed by atoms with Crippen LogP contribution in [-0.4, -0.2) is 51.0 Å². The van der Waals surface area contributed by atoms with Gasteiger partial charge in [0.2, 0.25) is 21.8 Å². The number of rotatable bonds is 12. The number of carbonyl (C=O) groups is 2. The van der Waals surface area contributed by atoms with Crippen LogP contribution in [0.5, 0.6) is 0 Å². The maximum absolute atomic E-state index is 13.6. The summed E-state index contributed by atoms with van der Waals surface area (Å²) in [7, 11) is -2.06. The smallest absolute Gasteiger partial charge is 0.242 e. The minimum Gasteiger partial charge on any atom is -0.357 e. The minimum absolute atomic E-state index is 0.0281. The summed E-state index contributed by atoms with van der Waals surface area (Å²) in [6.07, 6.45) is 1.72. The first-order valence-corrected chi connectivity index (χ1v) is 14.7. The quantitative estimate of drug-likeness (QED) is 0.361. The van der Waals surface area contributed by atoms with Crippen LogP contribution in [0.25, 0.3) is 0 Å². The van der Waals surface area contributed by atoms with Crippen LogP contribution >= 0.6 is 0 Å². The molecule has 3 rings (SSSR count). The fraction of sp³-hybridized carbons (Fsp3) is 0.333. The van der Waals surface area contributed by atoms with Crippen molar-refractivity contribution in [1.82, 2.24) is 10.2 Å². The van der Waals surface area contributed by atoms with E-state index in [-0.39, 0.29) is 37.7 Å². The van der Waals surface area contributed by atoms with Crippen LogP contribution in [0, 0.1) is 19.7 Å². The van der Waals surface area contributed by atoms with Crippen molar-refractivity contribution in [3.8, 4) is 0 Å². The molecule has 0 aliphatic heterocycles. The molecule has 1 atom stereocenters. The molecule has 0 fully saturated rings. The largest absolute Gasteiger partial charge is 0.357 e. The lowest BCUT2D eigenvalue weighted by molar-refractivity contribution is -0.141. The van der Waals surface area contributed by atoms with Gasteiger partial charge >= 0.3 is 0 Å². The average Bonchev–Trinajstić information content (AvgIpc) is 2.90. The topological polar surface area (TPSA) is 86.8 Å². The van der Waals surface area contributed by atoms with E-state index in [0.29, 0.717) is 17.7 Å². The molecule has 1 N–H and O–H groups in total. The molecule has 0 radical (unpaired) electrons. The van der Waals surface area contributed by atoms with Gasteiger partial charge in [0.05, 0.1) is 11.9 Å². The molecule has 0 aliphatic carbocycles. The van der Waals surface area contributed by atoms with E-state index < -0.39 is 21.9 Å². The number of amides is 2. The molecule has 0 unspecified atom stereocenters. The van der Waals surface area contributed by atoms with Gasteiger partial charge in [-0.3, -0.25) is 13.9 Å². The van der Waals surface area contributed by atoms with Crippen molar-refractivity contribution in [2.45, 2.75) is 45.7 Å². The van der Waals surface area contributed by atoms with Crippen molar-refractivity contribution in [2.75, 3.05) is 24.2 Å². The van der Waals surface area contributed by atoms with E-state index in [0.717, 1.165) is 22.9 Å². The Labute approximate surface area is 230 Å². The fourth-order valence-corrected chi connectivity index (χ4v) is 5.35. The van der Waals surface area contributed by atoms with E-state index in [2.05, 4.69) is 5.32 Å². The maximum Gasteiger partial charge on any atom is 0.242 e. The number of nitrogens with one attached hydrogen (secondary N) is 1. The first kappa shape index (κ1) is 29.8. The zero-order valence-corrected chi connectivity index (χ0v) is 23.7. The molecule has 7 nitrogen and oxygen atoms in total. The number of anilines is 1. The van der Waals surface area contributed by atoms with Gasteiger partial charge in [-0.2, -0.15) is 0 Å². The third kappa shape index (κ3) is 8.38. The number of likely N-dealkylation sites (N-methyl/N-ethyl adjacent to an activating group) is 1. The first-order chi connectivity index (χ1) is 18.5. The Kier molecular flexibility index (Phi) is 10.2. The highest BCUT2D eigenvalue weighted by molar-refractivity contribution is 7.92. The summed E-state index contributed by atoms with van der Waals surface area (Å²) in [5.41, 5.74) is 4.14. The van der Waals surface area contributed by atoms with Gasteiger partial charge in [0.15, 0.2) is 0 Å². The fourth-order valence-electron chi connectivity index (χ4n) is 4.39. The molecular weight excluding hydrogens is 517 g/mol. The number of benzene rings is 3. The Hall–Kier alpha value is -3.72. The normalized spacial score (nSPS) is 12.0. The van der Waals surface area contributed by atoms with Crippen molar-refractivity contribution in [3.05, 3.63) is 101 Å². The lowest BCUT2D eigenvalue weighted by Crippen LogP contribution is -2.49. The van der Waals surface area contributed by atoms with Crippen molar-refractivity contribution < 1.29 is 22.4 Å². The summed E-state index contributed by atoms with van der Waals surface area (Å²) >= 11 is 0. The Morgan fingerprint density at radius 2 is 1.59 bits per heavy atom. The molecule has 0 heterocycles. The second-order valence-corrected chi connectivity index (χ2v) is 11.6. The van der Waals surface area contributed by atoms with Gasteiger partial charge in [0, 0.05) is 33.0 Å². The van der Waals surface area contributed by atoms with Crippen molar-refractivity contribution in [3.63, 3.8) is 0 Å². The molecule has 0 bridgehead atoms. The van der Waals surface area contributed by atoms with Crippen LogP contribution in [0.15, 0.2) is 72.8 Å². The summed E-state index contributed by atoms with van der Waals surface area (Å²) in [5, 5.41) is 2.66. The van der Waals surface area contributed by atoms with Gasteiger partial charge in [0.1, 0.15) is 11.9 Å². The van der Waals surface area contributed by atoms with E-state index in [1.807, 2.05) is 56.3 Å². The molecule has 0 aromatic heterocycles. The van der Waals surface area contributed by atoms with Crippen molar-refractivity contribution in [2.24, 2.45) is 0 Å². The third-order valence-electron chi connectivity index (χ3n) is 6.71. The lowest BCUT2D eigenvalue weighted by Gasteiger charge is -2.31. The molecule has 39 heavy (non-hydrogen) atoms. The van der Waals surface area contributed by atoms with Crippen molar-refractivity contribution in [1.29, 1.82) is 0 Å². The lowest BCUT2D eigenvalue weighted by atomic mass is 10.0. The number of nitrogens with zero attached hydrogens (tertiary/aromatic N) is 2. The summed E-state index contributed by atoms with van der Waals surface area (Å²) < 4.78 is 40.0. The summed E-state index contributed by atoms with van der Waals surface area (Å²) in [6.45, 7) is 4.09. The van der Waals surface area contributed by atoms with Gasteiger partial charge in [-0.25, -0.2) is 12.8 Å². The maximum atomic E-state index is 13.6. The van der Waals surface area contributed by atoms with Crippen molar-refractivity contribution >= 4 is 27.5 Å². The molecular formula is C30H36FN3O4S. The Bertz CT molecular complexity index is 1380. The molecule has 0 spiro atoms. The number of hydrogen-bond donors (Lipinski definition) is 1. The molecule has 2 amide bonds. The Morgan fingerprint density at radius 3 is 2.18 bits per heavy atom. The second kappa shape index (κ2) is 13.4. The van der Waals surface area contributed by atoms with E-state index in [1.54, 1.807) is 18.2 Å². The van der Waals surface area contributed by atoms with Crippen LogP contribution in [0.1, 0.15) is 35.1 Å². The molecule has 3 aromatic rings. The zero-order valence-electron chi connectivity index (χ0n) is 22.9. The monoisotopic (exact) mass is 553 g/mol. The third-order valence-corrected chi connectivity index (χ3v) is 7.91. The Balaban J connectivity index is 1.84. The van der Waals surface area contributed by atoms with Gasteiger partial charge in [0.25, 0.3) is 0 Å². The van der Waals surface area contributed by atoms with Crippen LogP contribution in [0.4, 0.5) is 10.1 Å². The molecule has 208 valence electrons. The van der Waals surface area contributed by atoms with Gasteiger partial charge in [-0.15, -0.1) is 0 Å².